The molecule has 1 N–H and O–H groups in total. The van der Waals surface area contributed by atoms with Crippen LogP contribution in [0.25, 0.3) is 16.8 Å². The van der Waals surface area contributed by atoms with Crippen molar-refractivity contribution in [2.24, 2.45) is 0 Å². The van der Waals surface area contributed by atoms with Crippen molar-refractivity contribution < 1.29 is 26.8 Å². The van der Waals surface area contributed by atoms with Crippen LogP contribution in [0, 0.1) is 12.7 Å². The van der Waals surface area contributed by atoms with E-state index in [1.165, 1.54) is 22.9 Å². The molecule has 0 radical (unpaired) electrons. The zero-order valence-electron chi connectivity index (χ0n) is 18.3. The van der Waals surface area contributed by atoms with Crippen LogP contribution in [0.15, 0.2) is 40.8 Å². The van der Waals surface area contributed by atoms with Crippen LogP contribution in [-0.2, 0) is 12.6 Å². The number of rotatable bonds is 3. The summed E-state index contributed by atoms with van der Waals surface area (Å²) in [7, 11) is 0. The highest BCUT2D eigenvalue weighted by Crippen LogP contribution is 2.40. The molecule has 176 valence electrons. The average Bonchev–Trinajstić information content (AvgIpc) is 3.34. The lowest BCUT2D eigenvalue weighted by atomic mass is 9.87. The van der Waals surface area contributed by atoms with E-state index in [4.69, 9.17) is 4.42 Å². The predicted molar refractivity (Wildman–Crippen MR) is 117 cm³/mol. The summed E-state index contributed by atoms with van der Waals surface area (Å²) in [5.41, 5.74) is 0.854. The number of oxazole rings is 1. The highest BCUT2D eigenvalue weighted by Gasteiger charge is 2.41. The lowest BCUT2D eigenvalue weighted by molar-refractivity contribution is -0.142. The summed E-state index contributed by atoms with van der Waals surface area (Å²) in [5, 5.41) is 6.40. The van der Waals surface area contributed by atoms with Gasteiger partial charge in [-0.2, -0.15) is 18.3 Å². The molecule has 34 heavy (non-hydrogen) atoms. The van der Waals surface area contributed by atoms with E-state index in [0.717, 1.165) is 12.5 Å². The molecule has 0 fully saturated rings. The lowest BCUT2D eigenvalue weighted by Gasteiger charge is -2.21. The monoisotopic (exact) mass is 472 g/mol. The van der Waals surface area contributed by atoms with Gasteiger partial charge in [-0.1, -0.05) is 13.0 Å². The van der Waals surface area contributed by atoms with E-state index in [2.05, 4.69) is 15.4 Å². The first kappa shape index (κ1) is 22.1. The standard InChI is InChI=1S/C24H20F4N4O2/c1-12-5-3-8-16-21(12)32(31-22(16)24(26,27)28)15-7-4-6-14(9-15)23(33)30-18-11-20-19(10-17(18)25)29-13(2)34-20/h4,6-7,9-12H,3,5,8H2,1-2H3,(H,30,33). The van der Waals surface area contributed by atoms with Gasteiger partial charge in [-0.25, -0.2) is 14.1 Å². The first-order chi connectivity index (χ1) is 16.1. The molecule has 1 amide bonds. The predicted octanol–water partition coefficient (Wildman–Crippen LogP) is 6.17. The summed E-state index contributed by atoms with van der Waals surface area (Å²) in [6.45, 7) is 3.50. The fourth-order valence-corrected chi connectivity index (χ4v) is 4.50. The Balaban J connectivity index is 1.51. The van der Waals surface area contributed by atoms with E-state index < -0.39 is 23.6 Å². The van der Waals surface area contributed by atoms with E-state index in [1.807, 2.05) is 6.92 Å². The zero-order chi connectivity index (χ0) is 24.2. The molecule has 0 saturated heterocycles. The molecule has 0 aliphatic heterocycles. The maximum Gasteiger partial charge on any atom is 0.435 e. The first-order valence-electron chi connectivity index (χ1n) is 10.8. The third-order valence-electron chi connectivity index (χ3n) is 6.01. The molecule has 0 saturated carbocycles. The number of carbonyl (C=O) groups excluding carboxylic acids is 1. The van der Waals surface area contributed by atoms with Gasteiger partial charge in [0, 0.05) is 30.2 Å². The number of hydrogen-bond donors (Lipinski definition) is 1. The summed E-state index contributed by atoms with van der Waals surface area (Å²) in [5.74, 6) is -1.06. The number of aryl methyl sites for hydroxylation is 1. The Morgan fingerprint density at radius 1 is 1.24 bits per heavy atom. The Morgan fingerprint density at radius 3 is 2.79 bits per heavy atom. The van der Waals surface area contributed by atoms with Crippen molar-refractivity contribution in [1.82, 2.24) is 14.8 Å². The van der Waals surface area contributed by atoms with Crippen LogP contribution >= 0.6 is 0 Å². The van der Waals surface area contributed by atoms with Crippen molar-refractivity contribution in [2.75, 3.05) is 5.32 Å². The number of anilines is 1. The molecule has 4 aromatic rings. The van der Waals surface area contributed by atoms with Crippen molar-refractivity contribution in [3.63, 3.8) is 0 Å². The molecule has 0 spiro atoms. The molecule has 2 heterocycles. The van der Waals surface area contributed by atoms with Crippen LogP contribution in [0.5, 0.6) is 0 Å². The average molecular weight is 472 g/mol. The lowest BCUT2D eigenvalue weighted by Crippen LogP contribution is -2.15. The number of fused-ring (bicyclic) bond motifs is 2. The number of carbonyl (C=O) groups is 1. The molecule has 10 heteroatoms. The van der Waals surface area contributed by atoms with Crippen LogP contribution in [0.4, 0.5) is 23.2 Å². The molecule has 2 aromatic heterocycles. The van der Waals surface area contributed by atoms with E-state index in [9.17, 15) is 22.4 Å². The number of aromatic nitrogens is 3. The number of benzene rings is 2. The quantitative estimate of drug-likeness (QED) is 0.362. The number of halogens is 4. The minimum Gasteiger partial charge on any atom is -0.441 e. The Labute approximate surface area is 191 Å². The molecule has 5 rings (SSSR count). The molecule has 1 unspecified atom stereocenters. The Kier molecular flexibility index (Phi) is 5.18. The number of nitrogens with zero attached hydrogens (tertiary/aromatic N) is 3. The van der Waals surface area contributed by atoms with Gasteiger partial charge in [-0.05, 0) is 43.4 Å². The normalized spacial score (nSPS) is 16.0. The second kappa shape index (κ2) is 7.96. The number of amides is 1. The van der Waals surface area contributed by atoms with Gasteiger partial charge in [0.2, 0.25) is 0 Å². The summed E-state index contributed by atoms with van der Waals surface area (Å²) in [6, 6.07) is 8.59. The fourth-order valence-electron chi connectivity index (χ4n) is 4.50. The number of alkyl halides is 3. The Hall–Kier alpha value is -3.69. The first-order valence-corrected chi connectivity index (χ1v) is 10.8. The summed E-state index contributed by atoms with van der Waals surface area (Å²) < 4.78 is 62.1. The van der Waals surface area contributed by atoms with Crippen LogP contribution in [0.3, 0.4) is 0 Å². The van der Waals surface area contributed by atoms with Crippen LogP contribution in [0.2, 0.25) is 0 Å². The van der Waals surface area contributed by atoms with Crippen LogP contribution in [0.1, 0.15) is 58.9 Å². The van der Waals surface area contributed by atoms with Gasteiger partial charge in [0.1, 0.15) is 11.3 Å². The maximum atomic E-state index is 14.5. The molecular formula is C24H20F4N4O2. The third-order valence-corrected chi connectivity index (χ3v) is 6.01. The molecular weight excluding hydrogens is 452 g/mol. The highest BCUT2D eigenvalue weighted by molar-refractivity contribution is 6.05. The number of hydrogen-bond acceptors (Lipinski definition) is 4. The van der Waals surface area contributed by atoms with Gasteiger partial charge in [0.15, 0.2) is 17.2 Å². The van der Waals surface area contributed by atoms with Crippen LogP contribution in [-0.4, -0.2) is 20.7 Å². The smallest absolute Gasteiger partial charge is 0.435 e. The van der Waals surface area contributed by atoms with Crippen molar-refractivity contribution in [3.05, 3.63) is 70.6 Å². The topological polar surface area (TPSA) is 73.0 Å². The molecule has 0 bridgehead atoms. The van der Waals surface area contributed by atoms with Gasteiger partial charge in [-0.3, -0.25) is 4.79 Å². The summed E-state index contributed by atoms with van der Waals surface area (Å²) in [4.78, 5) is 16.9. The fraction of sp³-hybridized carbons (Fsp3) is 0.292. The number of nitrogens with one attached hydrogen (secondary N) is 1. The Bertz CT molecular complexity index is 1420. The molecule has 1 aliphatic carbocycles. The van der Waals surface area contributed by atoms with E-state index in [0.29, 0.717) is 41.2 Å². The van der Waals surface area contributed by atoms with Crippen molar-refractivity contribution >= 4 is 22.7 Å². The van der Waals surface area contributed by atoms with Crippen molar-refractivity contribution in [3.8, 4) is 5.69 Å². The second-order valence-electron chi connectivity index (χ2n) is 8.45. The van der Waals surface area contributed by atoms with Crippen molar-refractivity contribution in [2.45, 2.75) is 45.2 Å². The van der Waals surface area contributed by atoms with Crippen molar-refractivity contribution in [1.29, 1.82) is 0 Å². The van der Waals surface area contributed by atoms with Gasteiger partial charge in [0.25, 0.3) is 5.91 Å². The van der Waals surface area contributed by atoms with E-state index in [1.54, 1.807) is 19.1 Å². The van der Waals surface area contributed by atoms with Gasteiger partial charge < -0.3 is 9.73 Å². The highest BCUT2D eigenvalue weighted by atomic mass is 19.4. The minimum atomic E-state index is -4.57. The SMILES string of the molecule is Cc1nc2cc(F)c(NC(=O)c3cccc(-n4nc(C(F)(F)F)c5c4C(C)CCC5)c3)cc2o1. The molecule has 1 aliphatic rings. The molecule has 6 nitrogen and oxygen atoms in total. The maximum absolute atomic E-state index is 14.5. The van der Waals surface area contributed by atoms with Gasteiger partial charge in [0.05, 0.1) is 17.1 Å². The summed E-state index contributed by atoms with van der Waals surface area (Å²) >= 11 is 0. The van der Waals surface area contributed by atoms with Gasteiger partial charge >= 0.3 is 6.18 Å². The minimum absolute atomic E-state index is 0.0940. The van der Waals surface area contributed by atoms with Gasteiger partial charge in [-0.15, -0.1) is 0 Å². The summed E-state index contributed by atoms with van der Waals surface area (Å²) in [6.07, 6.45) is -2.86. The zero-order valence-corrected chi connectivity index (χ0v) is 18.3. The van der Waals surface area contributed by atoms with E-state index in [-0.39, 0.29) is 22.7 Å². The Morgan fingerprint density at radius 2 is 2.03 bits per heavy atom. The molecule has 1 atom stereocenters. The largest absolute Gasteiger partial charge is 0.441 e. The second-order valence-corrected chi connectivity index (χ2v) is 8.45. The molecule has 2 aromatic carbocycles. The van der Waals surface area contributed by atoms with Crippen LogP contribution < -0.4 is 5.32 Å². The van der Waals surface area contributed by atoms with E-state index >= 15 is 0 Å². The third kappa shape index (κ3) is 3.82.